The van der Waals surface area contributed by atoms with Crippen LogP contribution in [-0.2, 0) is 9.59 Å². The highest BCUT2D eigenvalue weighted by Crippen LogP contribution is 2.33. The fraction of sp³-hybridized carbons (Fsp3) is 0.333. The molecule has 2 N–H and O–H groups in total. The summed E-state index contributed by atoms with van der Waals surface area (Å²) in [6.07, 6.45) is 0. The molecule has 6 nitrogen and oxygen atoms in total. The molecule has 0 unspecified atom stereocenters. The Labute approximate surface area is 105 Å². The van der Waals surface area contributed by atoms with E-state index in [-0.39, 0.29) is 25.0 Å². The van der Waals surface area contributed by atoms with E-state index >= 15 is 0 Å². The van der Waals surface area contributed by atoms with E-state index in [1.165, 1.54) is 9.80 Å². The molecule has 96 valence electrons. The number of nitrogen functional groups attached to an aromatic ring is 1. The minimum Gasteiger partial charge on any atom is -0.481 e. The van der Waals surface area contributed by atoms with Crippen LogP contribution in [0.5, 0.6) is 5.75 Å². The van der Waals surface area contributed by atoms with Crippen molar-refractivity contribution in [2.75, 3.05) is 37.9 Å². The van der Waals surface area contributed by atoms with Crippen molar-refractivity contribution in [3.05, 3.63) is 18.2 Å². The van der Waals surface area contributed by atoms with Crippen molar-refractivity contribution in [2.24, 2.45) is 0 Å². The number of likely N-dealkylation sites (N-methyl/N-ethyl adjacent to an activating group) is 1. The second-order valence-corrected chi connectivity index (χ2v) is 4.28. The molecule has 0 aliphatic carbocycles. The van der Waals surface area contributed by atoms with Crippen LogP contribution in [0.25, 0.3) is 0 Å². The Hall–Kier alpha value is -2.24. The molecule has 1 aromatic rings. The summed E-state index contributed by atoms with van der Waals surface area (Å²) in [6.45, 7) is -0.0662. The number of benzene rings is 1. The molecular formula is C12H15N3O3. The van der Waals surface area contributed by atoms with Crippen molar-refractivity contribution in [3.63, 3.8) is 0 Å². The summed E-state index contributed by atoms with van der Waals surface area (Å²) in [6, 6.07) is 5.01. The van der Waals surface area contributed by atoms with Gasteiger partial charge in [0.15, 0.2) is 6.61 Å². The number of amides is 2. The van der Waals surface area contributed by atoms with E-state index in [0.29, 0.717) is 17.1 Å². The Morgan fingerprint density at radius 1 is 1.50 bits per heavy atom. The topological polar surface area (TPSA) is 75.9 Å². The minimum atomic E-state index is -0.234. The number of anilines is 2. The van der Waals surface area contributed by atoms with Gasteiger partial charge in [-0.05, 0) is 12.1 Å². The van der Waals surface area contributed by atoms with Gasteiger partial charge in [-0.1, -0.05) is 0 Å². The number of nitrogens with zero attached hydrogens (tertiary/aromatic N) is 2. The van der Waals surface area contributed by atoms with Gasteiger partial charge in [-0.3, -0.25) is 14.5 Å². The number of fused-ring (bicyclic) bond motifs is 1. The zero-order chi connectivity index (χ0) is 13.3. The maximum absolute atomic E-state index is 11.8. The van der Waals surface area contributed by atoms with E-state index in [4.69, 9.17) is 10.5 Å². The lowest BCUT2D eigenvalue weighted by atomic mass is 10.2. The van der Waals surface area contributed by atoms with Gasteiger partial charge in [0, 0.05) is 25.8 Å². The van der Waals surface area contributed by atoms with Crippen LogP contribution < -0.4 is 15.4 Å². The van der Waals surface area contributed by atoms with E-state index < -0.39 is 0 Å². The fourth-order valence-electron chi connectivity index (χ4n) is 1.67. The molecule has 0 aromatic heterocycles. The maximum Gasteiger partial charge on any atom is 0.265 e. The van der Waals surface area contributed by atoms with Crippen LogP contribution >= 0.6 is 0 Å². The highest BCUT2D eigenvalue weighted by Gasteiger charge is 2.27. The van der Waals surface area contributed by atoms with Crippen molar-refractivity contribution in [2.45, 2.75) is 0 Å². The number of hydrogen-bond donors (Lipinski definition) is 1. The largest absolute Gasteiger partial charge is 0.481 e. The van der Waals surface area contributed by atoms with Gasteiger partial charge in [0.1, 0.15) is 12.3 Å². The molecule has 0 spiro atoms. The van der Waals surface area contributed by atoms with Gasteiger partial charge >= 0.3 is 0 Å². The van der Waals surface area contributed by atoms with Gasteiger partial charge < -0.3 is 15.4 Å². The summed E-state index contributed by atoms with van der Waals surface area (Å²) >= 11 is 0. The molecule has 0 saturated heterocycles. The Bertz CT molecular complexity index is 499. The van der Waals surface area contributed by atoms with Gasteiger partial charge in [0.05, 0.1) is 5.69 Å². The molecule has 2 rings (SSSR count). The molecule has 1 aliphatic rings. The van der Waals surface area contributed by atoms with Crippen molar-refractivity contribution < 1.29 is 14.3 Å². The van der Waals surface area contributed by atoms with Gasteiger partial charge in [-0.15, -0.1) is 0 Å². The third-order valence-corrected chi connectivity index (χ3v) is 2.72. The van der Waals surface area contributed by atoms with E-state index in [9.17, 15) is 9.59 Å². The Morgan fingerprint density at radius 3 is 2.89 bits per heavy atom. The summed E-state index contributed by atoms with van der Waals surface area (Å²) in [4.78, 5) is 26.4. The van der Waals surface area contributed by atoms with Gasteiger partial charge in [-0.25, -0.2) is 0 Å². The third-order valence-electron chi connectivity index (χ3n) is 2.72. The molecule has 1 aliphatic heterocycles. The molecule has 1 heterocycles. The van der Waals surface area contributed by atoms with Crippen molar-refractivity contribution in [1.29, 1.82) is 0 Å². The minimum absolute atomic E-state index is 0.00606. The average molecular weight is 249 g/mol. The Kier molecular flexibility index (Phi) is 3.10. The van der Waals surface area contributed by atoms with Crippen LogP contribution in [0.4, 0.5) is 11.4 Å². The predicted molar refractivity (Wildman–Crippen MR) is 67.4 cm³/mol. The zero-order valence-corrected chi connectivity index (χ0v) is 10.3. The van der Waals surface area contributed by atoms with Gasteiger partial charge in [0.2, 0.25) is 5.91 Å². The quantitative estimate of drug-likeness (QED) is 0.753. The molecule has 0 saturated carbocycles. The summed E-state index contributed by atoms with van der Waals surface area (Å²) in [5.74, 6) is 0.150. The third kappa shape index (κ3) is 2.22. The summed E-state index contributed by atoms with van der Waals surface area (Å²) < 4.78 is 5.29. The highest BCUT2D eigenvalue weighted by molar-refractivity contribution is 6.02. The van der Waals surface area contributed by atoms with E-state index in [1.807, 2.05) is 0 Å². The lowest BCUT2D eigenvalue weighted by Gasteiger charge is -2.29. The Morgan fingerprint density at radius 2 is 2.22 bits per heavy atom. The second kappa shape index (κ2) is 4.56. The number of carbonyl (C=O) groups excluding carboxylic acids is 2. The summed E-state index contributed by atoms with van der Waals surface area (Å²) in [7, 11) is 3.30. The van der Waals surface area contributed by atoms with Crippen molar-refractivity contribution in [1.82, 2.24) is 4.90 Å². The molecule has 0 radical (unpaired) electrons. The molecule has 1 aromatic carbocycles. The number of rotatable bonds is 2. The normalized spacial score (nSPS) is 13.9. The SMILES string of the molecule is CN(C)C(=O)CN1C(=O)COc2cc(N)ccc21. The Balaban J connectivity index is 2.31. The molecule has 18 heavy (non-hydrogen) atoms. The van der Waals surface area contributed by atoms with Crippen LogP contribution in [-0.4, -0.2) is 44.0 Å². The molecule has 0 fully saturated rings. The molecule has 6 heteroatoms. The molecule has 2 amide bonds. The van der Waals surface area contributed by atoms with Crippen LogP contribution in [0.3, 0.4) is 0 Å². The number of carbonyl (C=O) groups is 2. The predicted octanol–water partition coefficient (Wildman–Crippen LogP) is 0.0824. The van der Waals surface area contributed by atoms with Crippen molar-refractivity contribution in [3.8, 4) is 5.75 Å². The van der Waals surface area contributed by atoms with Gasteiger partial charge in [-0.2, -0.15) is 0 Å². The summed E-state index contributed by atoms with van der Waals surface area (Å²) in [5, 5.41) is 0. The lowest BCUT2D eigenvalue weighted by Crippen LogP contribution is -2.44. The van der Waals surface area contributed by atoms with Gasteiger partial charge in [0.25, 0.3) is 5.91 Å². The standard InChI is InChI=1S/C12H15N3O3/c1-14(2)11(16)6-15-9-4-3-8(13)5-10(9)18-7-12(15)17/h3-5H,6-7,13H2,1-2H3. The summed E-state index contributed by atoms with van der Waals surface area (Å²) in [5.41, 5.74) is 6.79. The number of ether oxygens (including phenoxy) is 1. The average Bonchev–Trinajstić information content (AvgIpc) is 2.32. The zero-order valence-electron chi connectivity index (χ0n) is 10.3. The first-order valence-corrected chi connectivity index (χ1v) is 5.52. The second-order valence-electron chi connectivity index (χ2n) is 4.28. The number of nitrogens with two attached hydrogens (primary N) is 1. The molecule has 0 atom stereocenters. The first-order chi connectivity index (χ1) is 8.49. The molecular weight excluding hydrogens is 234 g/mol. The first-order valence-electron chi connectivity index (χ1n) is 5.52. The van der Waals surface area contributed by atoms with E-state index in [0.717, 1.165) is 0 Å². The smallest absolute Gasteiger partial charge is 0.265 e. The first kappa shape index (κ1) is 12.2. The van der Waals surface area contributed by atoms with E-state index in [2.05, 4.69) is 0 Å². The van der Waals surface area contributed by atoms with Crippen LogP contribution in [0.15, 0.2) is 18.2 Å². The highest BCUT2D eigenvalue weighted by atomic mass is 16.5. The number of hydrogen-bond acceptors (Lipinski definition) is 4. The van der Waals surface area contributed by atoms with Crippen LogP contribution in [0.2, 0.25) is 0 Å². The molecule has 0 bridgehead atoms. The van der Waals surface area contributed by atoms with Crippen molar-refractivity contribution >= 4 is 23.2 Å². The van der Waals surface area contributed by atoms with Crippen LogP contribution in [0, 0.1) is 0 Å². The fourth-order valence-corrected chi connectivity index (χ4v) is 1.67. The van der Waals surface area contributed by atoms with E-state index in [1.54, 1.807) is 32.3 Å². The monoisotopic (exact) mass is 249 g/mol. The van der Waals surface area contributed by atoms with Crippen LogP contribution in [0.1, 0.15) is 0 Å². The maximum atomic E-state index is 11.8. The lowest BCUT2D eigenvalue weighted by molar-refractivity contribution is -0.130.